The maximum absolute atomic E-state index is 10.4. The van der Waals surface area contributed by atoms with E-state index in [1.54, 1.807) is 0 Å². The third kappa shape index (κ3) is 9.87. The highest BCUT2D eigenvalue weighted by atomic mass is 35.5. The molecule has 0 aromatic heterocycles. The molecule has 0 aliphatic heterocycles. The Morgan fingerprint density at radius 3 is 2.45 bits per heavy atom. The van der Waals surface area contributed by atoms with Crippen molar-refractivity contribution in [3.8, 4) is 0 Å². The maximum Gasteiger partial charge on any atom is 0.221 e. The predicted molar refractivity (Wildman–Crippen MR) is 42.9 cm³/mol. The Balaban J connectivity index is 3.37. The second kappa shape index (κ2) is 4.69. The van der Waals surface area contributed by atoms with E-state index in [9.17, 15) is 13.2 Å². The lowest BCUT2D eigenvalue weighted by Crippen LogP contribution is -2.23. The van der Waals surface area contributed by atoms with Crippen LogP contribution in [0.2, 0.25) is 0 Å². The van der Waals surface area contributed by atoms with Gasteiger partial charge in [0.05, 0.1) is 6.26 Å². The van der Waals surface area contributed by atoms with Crippen LogP contribution >= 0.6 is 11.6 Å². The van der Waals surface area contributed by atoms with Crippen molar-refractivity contribution in [2.45, 2.75) is 12.8 Å². The quantitative estimate of drug-likeness (QED) is 0.504. The topological polar surface area (TPSA) is 63.2 Å². The number of carbonyl (C=O) groups is 1. The number of hydrogen-bond donors (Lipinski definition) is 1. The molecular weight excluding hydrogens is 190 g/mol. The number of rotatable bonds is 5. The SMILES string of the molecule is CS(=O)(=O)NCCCC(=O)Cl. The van der Waals surface area contributed by atoms with Gasteiger partial charge < -0.3 is 0 Å². The smallest absolute Gasteiger partial charge is 0.221 e. The van der Waals surface area contributed by atoms with E-state index in [0.29, 0.717) is 6.42 Å². The van der Waals surface area contributed by atoms with Gasteiger partial charge >= 0.3 is 0 Å². The zero-order chi connectivity index (χ0) is 8.91. The van der Waals surface area contributed by atoms with Gasteiger partial charge in [-0.3, -0.25) is 4.79 Å². The fourth-order valence-electron chi connectivity index (χ4n) is 0.485. The highest BCUT2D eigenvalue weighted by Crippen LogP contribution is 1.92. The van der Waals surface area contributed by atoms with Crippen LogP contribution in [0.3, 0.4) is 0 Å². The van der Waals surface area contributed by atoms with E-state index in [0.717, 1.165) is 6.26 Å². The van der Waals surface area contributed by atoms with Gasteiger partial charge in [0.2, 0.25) is 15.3 Å². The lowest BCUT2D eigenvalue weighted by Gasteiger charge is -1.98. The van der Waals surface area contributed by atoms with Crippen LogP contribution in [0.25, 0.3) is 0 Å². The van der Waals surface area contributed by atoms with Crippen LogP contribution in [-0.4, -0.2) is 26.5 Å². The summed E-state index contributed by atoms with van der Waals surface area (Å²) in [6.45, 7) is 0.261. The molecule has 11 heavy (non-hydrogen) atoms. The highest BCUT2D eigenvalue weighted by molar-refractivity contribution is 7.88. The Labute approximate surface area is 71.0 Å². The Bertz CT molecular complexity index is 224. The molecule has 0 aromatic rings. The number of hydrogen-bond acceptors (Lipinski definition) is 3. The second-order valence-corrected chi connectivity index (χ2v) is 4.38. The normalized spacial score (nSPS) is 11.5. The van der Waals surface area contributed by atoms with Gasteiger partial charge in [-0.1, -0.05) is 0 Å². The fraction of sp³-hybridized carbons (Fsp3) is 0.800. The van der Waals surface area contributed by atoms with Crippen molar-refractivity contribution in [1.29, 1.82) is 0 Å². The van der Waals surface area contributed by atoms with E-state index in [-0.39, 0.29) is 13.0 Å². The van der Waals surface area contributed by atoms with Crippen LogP contribution in [0.4, 0.5) is 0 Å². The minimum Gasteiger partial charge on any atom is -0.281 e. The van der Waals surface area contributed by atoms with Crippen molar-refractivity contribution in [3.63, 3.8) is 0 Å². The van der Waals surface area contributed by atoms with E-state index in [1.807, 2.05) is 0 Å². The van der Waals surface area contributed by atoms with E-state index in [1.165, 1.54) is 0 Å². The lowest BCUT2D eigenvalue weighted by molar-refractivity contribution is -0.111. The van der Waals surface area contributed by atoms with Gasteiger partial charge in [0.15, 0.2) is 0 Å². The highest BCUT2D eigenvalue weighted by Gasteiger charge is 2.00. The summed E-state index contributed by atoms with van der Waals surface area (Å²) in [4.78, 5) is 10.2. The summed E-state index contributed by atoms with van der Waals surface area (Å²) < 4.78 is 23.1. The summed E-state index contributed by atoms with van der Waals surface area (Å²) in [7, 11) is -3.13. The summed E-state index contributed by atoms with van der Waals surface area (Å²) >= 11 is 5.01. The summed E-state index contributed by atoms with van der Waals surface area (Å²) in [5.74, 6) is 0. The molecule has 0 aliphatic carbocycles. The van der Waals surface area contributed by atoms with Crippen molar-refractivity contribution >= 4 is 26.9 Å². The zero-order valence-electron chi connectivity index (χ0n) is 6.13. The van der Waals surface area contributed by atoms with Crippen LogP contribution in [-0.2, 0) is 14.8 Å². The first kappa shape index (κ1) is 10.9. The molecule has 0 amide bonds. The number of halogens is 1. The number of sulfonamides is 1. The average Bonchev–Trinajstić information content (AvgIpc) is 1.78. The van der Waals surface area contributed by atoms with Crippen molar-refractivity contribution in [3.05, 3.63) is 0 Å². The van der Waals surface area contributed by atoms with Crippen molar-refractivity contribution in [2.75, 3.05) is 12.8 Å². The lowest BCUT2D eigenvalue weighted by atomic mass is 10.3. The molecular formula is C5H10ClNO3S. The third-order valence-corrected chi connectivity index (χ3v) is 1.83. The molecule has 0 saturated heterocycles. The Kier molecular flexibility index (Phi) is 4.63. The molecule has 0 aromatic carbocycles. The Morgan fingerprint density at radius 2 is 2.09 bits per heavy atom. The van der Waals surface area contributed by atoms with Crippen molar-refractivity contribution < 1.29 is 13.2 Å². The molecule has 1 N–H and O–H groups in total. The number of carbonyl (C=O) groups excluding carboxylic acids is 1. The molecule has 0 fully saturated rings. The molecule has 0 heterocycles. The largest absolute Gasteiger partial charge is 0.281 e. The summed E-state index contributed by atoms with van der Waals surface area (Å²) in [6, 6.07) is 0. The van der Waals surface area contributed by atoms with E-state index in [4.69, 9.17) is 11.6 Å². The molecule has 0 aliphatic rings. The number of nitrogens with one attached hydrogen (secondary N) is 1. The molecule has 0 spiro atoms. The van der Waals surface area contributed by atoms with Gasteiger partial charge in [-0.05, 0) is 18.0 Å². The molecule has 0 rings (SSSR count). The van der Waals surface area contributed by atoms with Crippen LogP contribution in [0.1, 0.15) is 12.8 Å². The minimum absolute atomic E-state index is 0.198. The monoisotopic (exact) mass is 199 g/mol. The molecule has 0 saturated carbocycles. The third-order valence-electron chi connectivity index (χ3n) is 0.914. The molecule has 0 bridgehead atoms. The van der Waals surface area contributed by atoms with Crippen LogP contribution < -0.4 is 4.72 Å². The first-order valence-electron chi connectivity index (χ1n) is 3.05. The van der Waals surface area contributed by atoms with E-state index in [2.05, 4.69) is 4.72 Å². The zero-order valence-corrected chi connectivity index (χ0v) is 7.70. The van der Waals surface area contributed by atoms with Gasteiger partial charge in [0.25, 0.3) is 0 Å². The van der Waals surface area contributed by atoms with E-state index >= 15 is 0 Å². The maximum atomic E-state index is 10.4. The average molecular weight is 200 g/mol. The van der Waals surface area contributed by atoms with Crippen LogP contribution in [0.15, 0.2) is 0 Å². The van der Waals surface area contributed by atoms with Gasteiger partial charge in [0, 0.05) is 13.0 Å². The standard InChI is InChI=1S/C5H10ClNO3S/c1-11(9,10)7-4-2-3-5(6)8/h7H,2-4H2,1H3. The van der Waals surface area contributed by atoms with Gasteiger partial charge in [-0.25, -0.2) is 13.1 Å². The first-order chi connectivity index (χ1) is 4.92. The first-order valence-corrected chi connectivity index (χ1v) is 5.32. The second-order valence-electron chi connectivity index (χ2n) is 2.13. The van der Waals surface area contributed by atoms with Crippen LogP contribution in [0, 0.1) is 0 Å². The summed E-state index contributed by atoms with van der Waals surface area (Å²) in [6.07, 6.45) is 1.70. The minimum atomic E-state index is -3.13. The molecule has 4 nitrogen and oxygen atoms in total. The molecule has 66 valence electrons. The summed E-state index contributed by atoms with van der Waals surface area (Å²) in [5, 5.41) is -0.444. The molecule has 0 radical (unpaired) electrons. The Morgan fingerprint density at radius 1 is 1.55 bits per heavy atom. The molecule has 0 atom stereocenters. The van der Waals surface area contributed by atoms with Crippen LogP contribution in [0.5, 0.6) is 0 Å². The van der Waals surface area contributed by atoms with Gasteiger partial charge in [-0.15, -0.1) is 0 Å². The van der Waals surface area contributed by atoms with Crippen molar-refractivity contribution in [2.24, 2.45) is 0 Å². The van der Waals surface area contributed by atoms with E-state index < -0.39 is 15.3 Å². The fourth-order valence-corrected chi connectivity index (χ4v) is 1.13. The molecule has 6 heteroatoms. The van der Waals surface area contributed by atoms with Gasteiger partial charge in [0.1, 0.15) is 0 Å². The van der Waals surface area contributed by atoms with Gasteiger partial charge in [-0.2, -0.15) is 0 Å². The molecule has 0 unspecified atom stereocenters. The summed E-state index contributed by atoms with van der Waals surface area (Å²) in [5.41, 5.74) is 0. The predicted octanol–water partition coefficient (Wildman–Crippen LogP) is 0.0812. The van der Waals surface area contributed by atoms with Crippen molar-refractivity contribution in [1.82, 2.24) is 4.72 Å². The Hall–Kier alpha value is -0.130.